The molecule has 0 aromatic heterocycles. The lowest BCUT2D eigenvalue weighted by atomic mass is 9.69. The molecule has 0 bridgehead atoms. The average Bonchev–Trinajstić information content (AvgIpc) is 3.10. The standard InChI is InChI=1S/C30H33Cl2N5O/c1-19(34-26-18-33-36-26)21-7-5-20(6-8-21)11-14-37-28(38)27(22-15-24(31)17-25(32)16-22)35-30(37)12-9-23(10-13-30)29(2,3)4/h5-8,15-18,23H,1,9-14H2,2-4H3,(H,34,36). The Morgan fingerprint density at radius 3 is 2.32 bits per heavy atom. The maximum atomic E-state index is 13.8. The van der Waals surface area contributed by atoms with Crippen molar-refractivity contribution in [3.05, 3.63) is 75.8 Å². The summed E-state index contributed by atoms with van der Waals surface area (Å²) in [6.45, 7) is 11.5. The number of nitrogens with zero attached hydrogens (tertiary/aromatic N) is 4. The van der Waals surface area contributed by atoms with Gasteiger partial charge in [0, 0.05) is 22.2 Å². The Bertz CT molecular complexity index is 1330. The molecule has 5 rings (SSSR count). The van der Waals surface area contributed by atoms with Gasteiger partial charge in [-0.05, 0) is 72.8 Å². The van der Waals surface area contributed by atoms with Gasteiger partial charge in [0.05, 0.1) is 11.9 Å². The highest BCUT2D eigenvalue weighted by Crippen LogP contribution is 2.46. The number of hydrazone groups is 1. The second kappa shape index (κ2) is 10.3. The van der Waals surface area contributed by atoms with Gasteiger partial charge in [0.1, 0.15) is 11.4 Å². The molecule has 2 aromatic rings. The number of hydrogen-bond donors (Lipinski definition) is 1. The fourth-order valence-electron chi connectivity index (χ4n) is 5.64. The van der Waals surface area contributed by atoms with E-state index in [0.29, 0.717) is 45.3 Å². The van der Waals surface area contributed by atoms with E-state index in [2.05, 4.69) is 55.0 Å². The monoisotopic (exact) mass is 549 g/mol. The molecular formula is C30H33Cl2N5O. The molecule has 2 heterocycles. The zero-order chi connectivity index (χ0) is 27.1. The largest absolute Gasteiger partial charge is 0.312 e. The van der Waals surface area contributed by atoms with Crippen LogP contribution in [-0.2, 0) is 11.2 Å². The Labute approximate surface area is 234 Å². The van der Waals surface area contributed by atoms with E-state index in [1.807, 2.05) is 17.0 Å². The van der Waals surface area contributed by atoms with Crippen molar-refractivity contribution in [3.8, 4) is 0 Å². The van der Waals surface area contributed by atoms with Gasteiger partial charge in [-0.15, -0.1) is 0 Å². The van der Waals surface area contributed by atoms with Crippen molar-refractivity contribution in [2.75, 3.05) is 6.54 Å². The van der Waals surface area contributed by atoms with E-state index in [9.17, 15) is 4.79 Å². The summed E-state index contributed by atoms with van der Waals surface area (Å²) < 4.78 is 0. The number of benzene rings is 2. The molecule has 1 fully saturated rings. The van der Waals surface area contributed by atoms with E-state index < -0.39 is 5.66 Å². The molecule has 3 aliphatic rings. The summed E-state index contributed by atoms with van der Waals surface area (Å²) in [5.41, 5.74) is 6.39. The van der Waals surface area contributed by atoms with Gasteiger partial charge in [-0.1, -0.05) is 74.8 Å². The summed E-state index contributed by atoms with van der Waals surface area (Å²) in [4.78, 5) is 25.4. The lowest BCUT2D eigenvalue weighted by Gasteiger charge is -2.45. The molecule has 0 radical (unpaired) electrons. The van der Waals surface area contributed by atoms with Crippen LogP contribution in [0.25, 0.3) is 5.70 Å². The van der Waals surface area contributed by atoms with Crippen LogP contribution in [0, 0.1) is 11.3 Å². The van der Waals surface area contributed by atoms with Crippen molar-refractivity contribution in [1.29, 1.82) is 0 Å². The van der Waals surface area contributed by atoms with Crippen LogP contribution in [0.2, 0.25) is 10.0 Å². The maximum absolute atomic E-state index is 13.8. The minimum Gasteiger partial charge on any atom is -0.312 e. The van der Waals surface area contributed by atoms with Gasteiger partial charge >= 0.3 is 0 Å². The third-order valence-electron chi connectivity index (χ3n) is 7.95. The van der Waals surface area contributed by atoms with Crippen molar-refractivity contribution in [2.24, 2.45) is 26.4 Å². The minimum atomic E-state index is -0.523. The van der Waals surface area contributed by atoms with Crippen molar-refractivity contribution in [1.82, 2.24) is 10.3 Å². The predicted octanol–water partition coefficient (Wildman–Crippen LogP) is 6.76. The van der Waals surface area contributed by atoms with Crippen molar-refractivity contribution >= 4 is 52.6 Å². The van der Waals surface area contributed by atoms with E-state index in [-0.39, 0.29) is 11.3 Å². The zero-order valence-electron chi connectivity index (χ0n) is 22.1. The lowest BCUT2D eigenvalue weighted by molar-refractivity contribution is -0.129. The number of nitrogens with one attached hydrogen (secondary N) is 1. The van der Waals surface area contributed by atoms with Gasteiger partial charge in [-0.3, -0.25) is 15.2 Å². The van der Waals surface area contributed by atoms with Crippen LogP contribution in [0.15, 0.2) is 64.1 Å². The van der Waals surface area contributed by atoms with Crippen LogP contribution in [0.3, 0.4) is 0 Å². The van der Waals surface area contributed by atoms with Gasteiger partial charge in [0.2, 0.25) is 0 Å². The highest BCUT2D eigenvalue weighted by Gasteiger charge is 2.49. The normalized spacial score (nSPS) is 24.0. The first-order valence-electron chi connectivity index (χ1n) is 13.1. The van der Waals surface area contributed by atoms with Crippen molar-refractivity contribution in [2.45, 2.75) is 58.5 Å². The van der Waals surface area contributed by atoms with Crippen molar-refractivity contribution < 1.29 is 4.79 Å². The smallest absolute Gasteiger partial charge is 0.274 e. The van der Waals surface area contributed by atoms with Crippen LogP contribution < -0.4 is 5.43 Å². The highest BCUT2D eigenvalue weighted by molar-refractivity contribution is 6.47. The number of amides is 1. The van der Waals surface area contributed by atoms with E-state index in [4.69, 9.17) is 28.2 Å². The topological polar surface area (TPSA) is 69.4 Å². The second-order valence-electron chi connectivity index (χ2n) is 11.5. The first kappa shape index (κ1) is 26.6. The molecular weight excluding hydrogens is 517 g/mol. The summed E-state index contributed by atoms with van der Waals surface area (Å²) in [5.74, 6) is 1.26. The lowest BCUT2D eigenvalue weighted by Crippen LogP contribution is -2.50. The van der Waals surface area contributed by atoms with Crippen LogP contribution in [0.4, 0.5) is 0 Å². The third-order valence-corrected chi connectivity index (χ3v) is 8.39. The van der Waals surface area contributed by atoms with Gasteiger partial charge in [0.25, 0.3) is 5.91 Å². The molecule has 2 aliphatic heterocycles. The molecule has 6 nitrogen and oxygen atoms in total. The summed E-state index contributed by atoms with van der Waals surface area (Å²) in [5, 5.41) is 4.81. The van der Waals surface area contributed by atoms with Gasteiger partial charge in [-0.25, -0.2) is 4.99 Å². The first-order valence-corrected chi connectivity index (χ1v) is 13.8. The Hall–Kier alpha value is -2.96. The summed E-state index contributed by atoms with van der Waals surface area (Å²) in [7, 11) is 0. The number of aliphatic imine (C=N–C) groups is 2. The van der Waals surface area contributed by atoms with E-state index in [1.165, 1.54) is 0 Å². The molecule has 0 saturated heterocycles. The summed E-state index contributed by atoms with van der Waals surface area (Å²) >= 11 is 12.6. The van der Waals surface area contributed by atoms with Gasteiger partial charge in [-0.2, -0.15) is 5.10 Å². The van der Waals surface area contributed by atoms with Crippen LogP contribution in [0.1, 0.15) is 63.1 Å². The van der Waals surface area contributed by atoms with Crippen molar-refractivity contribution in [3.63, 3.8) is 0 Å². The van der Waals surface area contributed by atoms with E-state index >= 15 is 0 Å². The molecule has 1 aliphatic carbocycles. The Morgan fingerprint density at radius 2 is 1.76 bits per heavy atom. The molecule has 2 aromatic carbocycles. The van der Waals surface area contributed by atoms with Gasteiger partial charge < -0.3 is 4.90 Å². The van der Waals surface area contributed by atoms with Crippen LogP contribution >= 0.6 is 23.2 Å². The van der Waals surface area contributed by atoms with Gasteiger partial charge in [0.15, 0.2) is 5.84 Å². The molecule has 1 N–H and O–H groups in total. The second-order valence-corrected chi connectivity index (χ2v) is 12.3. The number of carbonyl (C=O) groups is 1. The quantitative estimate of drug-likeness (QED) is 0.432. The van der Waals surface area contributed by atoms with Crippen LogP contribution in [0.5, 0.6) is 0 Å². The maximum Gasteiger partial charge on any atom is 0.274 e. The molecule has 1 saturated carbocycles. The molecule has 1 amide bonds. The Balaban J connectivity index is 1.36. The minimum absolute atomic E-state index is 0.0481. The third kappa shape index (κ3) is 5.43. The molecule has 0 atom stereocenters. The molecule has 1 spiro atoms. The molecule has 198 valence electrons. The fourth-order valence-corrected chi connectivity index (χ4v) is 6.17. The molecule has 38 heavy (non-hydrogen) atoms. The summed E-state index contributed by atoms with van der Waals surface area (Å²) in [6.07, 6.45) is 6.18. The average molecular weight is 551 g/mol. The number of amidine groups is 1. The molecule has 0 unspecified atom stereocenters. The SMILES string of the molecule is C=C(N=C1C=NN1)c1ccc(CCN2C(=O)C(c3cc(Cl)cc(Cl)c3)=NC23CCC(C(C)(C)C)CC3)cc1. The number of hydrogen-bond acceptors (Lipinski definition) is 4. The fraction of sp³-hybridized carbons (Fsp3) is 0.400. The Morgan fingerprint density at radius 1 is 1.13 bits per heavy atom. The number of halogens is 2. The zero-order valence-corrected chi connectivity index (χ0v) is 23.6. The summed E-state index contributed by atoms with van der Waals surface area (Å²) in [6, 6.07) is 13.4. The number of carbonyl (C=O) groups excluding carboxylic acids is 1. The highest BCUT2D eigenvalue weighted by atomic mass is 35.5. The first-order chi connectivity index (χ1) is 18.0. The Kier molecular flexibility index (Phi) is 7.23. The predicted molar refractivity (Wildman–Crippen MR) is 157 cm³/mol. The van der Waals surface area contributed by atoms with E-state index in [0.717, 1.165) is 43.2 Å². The van der Waals surface area contributed by atoms with Crippen LogP contribution in [-0.4, -0.2) is 40.8 Å². The van der Waals surface area contributed by atoms with E-state index in [1.54, 1.807) is 24.4 Å². The molecule has 8 heteroatoms. The number of rotatable bonds is 6.